The number of carbonyl (C=O) groups excluding carboxylic acids is 1. The largest absolute Gasteiger partial charge is 0.363 e. The van der Waals surface area contributed by atoms with Crippen LogP contribution in [0.25, 0.3) is 0 Å². The van der Waals surface area contributed by atoms with Crippen molar-refractivity contribution in [1.82, 2.24) is 9.62 Å². The normalized spacial score (nSPS) is 24.5. The zero-order valence-electron chi connectivity index (χ0n) is 11.5. The molecule has 1 fully saturated rings. The first-order valence-electron chi connectivity index (χ1n) is 6.21. The summed E-state index contributed by atoms with van der Waals surface area (Å²) in [6.45, 7) is 2.59. The van der Waals surface area contributed by atoms with Crippen LogP contribution < -0.4 is 5.32 Å². The fourth-order valence-electron chi connectivity index (χ4n) is 2.02. The molecule has 0 bridgehead atoms. The summed E-state index contributed by atoms with van der Waals surface area (Å²) >= 11 is 1.55. The summed E-state index contributed by atoms with van der Waals surface area (Å²) in [5, 5.41) is 4.73. The van der Waals surface area contributed by atoms with Crippen LogP contribution in [0.1, 0.15) is 11.8 Å². The molecule has 1 atom stereocenters. The summed E-state index contributed by atoms with van der Waals surface area (Å²) in [6, 6.07) is 3.84. The van der Waals surface area contributed by atoms with Crippen LogP contribution in [0, 0.1) is 0 Å². The molecule has 1 saturated heterocycles. The Labute approximate surface area is 122 Å². The fourth-order valence-corrected chi connectivity index (χ4v) is 3.55. The predicted molar refractivity (Wildman–Crippen MR) is 76.9 cm³/mol. The van der Waals surface area contributed by atoms with E-state index in [9.17, 15) is 13.2 Å². The molecule has 0 spiro atoms. The Morgan fingerprint density at radius 1 is 1.60 bits per heavy atom. The van der Waals surface area contributed by atoms with E-state index in [1.54, 1.807) is 18.3 Å². The first-order chi connectivity index (χ1) is 9.31. The zero-order chi connectivity index (χ0) is 14.8. The molecule has 0 aromatic carbocycles. The number of sulfonamides is 1. The number of carbonyl (C=O) groups is 1. The number of ether oxygens (including phenoxy) is 1. The van der Waals surface area contributed by atoms with Gasteiger partial charge in [-0.05, 0) is 18.4 Å². The molecule has 1 amide bonds. The van der Waals surface area contributed by atoms with Gasteiger partial charge in [0.2, 0.25) is 10.0 Å². The number of amides is 1. The minimum absolute atomic E-state index is 0.0438. The molecule has 6 nitrogen and oxygen atoms in total. The molecule has 1 aromatic heterocycles. The number of hydrogen-bond donors (Lipinski definition) is 1. The van der Waals surface area contributed by atoms with Gasteiger partial charge in [-0.2, -0.15) is 4.31 Å². The van der Waals surface area contributed by atoms with Crippen LogP contribution in [0.4, 0.5) is 0 Å². The van der Waals surface area contributed by atoms with Crippen LogP contribution in [-0.4, -0.2) is 50.2 Å². The average Bonchev–Trinajstić information content (AvgIpc) is 2.88. The molecule has 1 aliphatic rings. The molecule has 0 unspecified atom stereocenters. The van der Waals surface area contributed by atoms with Crippen LogP contribution in [0.3, 0.4) is 0 Å². The second-order valence-electron chi connectivity index (χ2n) is 4.94. The number of morpholine rings is 1. The van der Waals surface area contributed by atoms with Crippen molar-refractivity contribution < 1.29 is 17.9 Å². The summed E-state index contributed by atoms with van der Waals surface area (Å²) in [5.41, 5.74) is -1.14. The van der Waals surface area contributed by atoms with Crippen molar-refractivity contribution in [1.29, 1.82) is 0 Å². The molecule has 2 heterocycles. The fraction of sp³-hybridized carbons (Fsp3) is 0.583. The van der Waals surface area contributed by atoms with E-state index in [1.807, 2.05) is 17.5 Å². The highest BCUT2D eigenvalue weighted by molar-refractivity contribution is 7.88. The lowest BCUT2D eigenvalue weighted by atomic mass is 10.0. The highest BCUT2D eigenvalue weighted by Gasteiger charge is 2.41. The van der Waals surface area contributed by atoms with E-state index in [1.165, 1.54) is 4.31 Å². The van der Waals surface area contributed by atoms with Gasteiger partial charge in [0.25, 0.3) is 5.91 Å². The maximum atomic E-state index is 12.2. The minimum atomic E-state index is -3.31. The zero-order valence-corrected chi connectivity index (χ0v) is 13.1. The standard InChI is InChI=1S/C12H18N2O4S2/c1-12(9-14(5-6-18-12)20(2,16)17)11(15)13-8-10-4-3-7-19-10/h3-4,7H,5-6,8-9H2,1-2H3,(H,13,15)/t12-/m0/s1. The molecule has 1 N–H and O–H groups in total. The second-order valence-corrected chi connectivity index (χ2v) is 7.95. The number of hydrogen-bond acceptors (Lipinski definition) is 5. The minimum Gasteiger partial charge on any atom is -0.363 e. The SMILES string of the molecule is C[C@@]1(C(=O)NCc2cccs2)CN(S(C)(=O)=O)CCO1. The van der Waals surface area contributed by atoms with Crippen LogP contribution in [-0.2, 0) is 26.1 Å². The maximum Gasteiger partial charge on any atom is 0.253 e. The molecule has 112 valence electrons. The summed E-state index contributed by atoms with van der Waals surface area (Å²) in [7, 11) is -3.31. The summed E-state index contributed by atoms with van der Waals surface area (Å²) < 4.78 is 30.0. The Morgan fingerprint density at radius 3 is 2.95 bits per heavy atom. The molecular weight excluding hydrogens is 300 g/mol. The molecule has 1 aliphatic heterocycles. The number of nitrogens with zero attached hydrogens (tertiary/aromatic N) is 1. The Bertz CT molecular complexity index is 570. The Balaban J connectivity index is 2.00. The van der Waals surface area contributed by atoms with E-state index in [0.29, 0.717) is 6.54 Å². The third-order valence-corrected chi connectivity index (χ3v) is 5.32. The third-order valence-electron chi connectivity index (χ3n) is 3.19. The van der Waals surface area contributed by atoms with E-state index in [0.717, 1.165) is 11.1 Å². The lowest BCUT2D eigenvalue weighted by Crippen LogP contribution is -2.58. The van der Waals surface area contributed by atoms with Gasteiger partial charge in [0.15, 0.2) is 5.60 Å². The van der Waals surface area contributed by atoms with Gasteiger partial charge in [0, 0.05) is 11.4 Å². The van der Waals surface area contributed by atoms with E-state index in [4.69, 9.17) is 4.74 Å². The van der Waals surface area contributed by atoms with Gasteiger partial charge in [-0.3, -0.25) is 4.79 Å². The highest BCUT2D eigenvalue weighted by atomic mass is 32.2. The molecule has 2 rings (SSSR count). The van der Waals surface area contributed by atoms with E-state index >= 15 is 0 Å². The Morgan fingerprint density at radius 2 is 2.35 bits per heavy atom. The van der Waals surface area contributed by atoms with Crippen LogP contribution in [0.15, 0.2) is 17.5 Å². The summed E-state index contributed by atoms with van der Waals surface area (Å²) in [4.78, 5) is 13.3. The van der Waals surface area contributed by atoms with Crippen molar-refractivity contribution in [3.63, 3.8) is 0 Å². The average molecular weight is 318 g/mol. The predicted octanol–water partition coefficient (Wildman–Crippen LogP) is 0.415. The monoisotopic (exact) mass is 318 g/mol. The lowest BCUT2D eigenvalue weighted by molar-refractivity contribution is -0.152. The molecule has 0 radical (unpaired) electrons. The van der Waals surface area contributed by atoms with Crippen molar-refractivity contribution in [2.45, 2.75) is 19.1 Å². The van der Waals surface area contributed by atoms with Gasteiger partial charge in [0.1, 0.15) is 0 Å². The summed E-state index contributed by atoms with van der Waals surface area (Å²) in [6.07, 6.45) is 1.14. The number of nitrogens with one attached hydrogen (secondary N) is 1. The van der Waals surface area contributed by atoms with Crippen molar-refractivity contribution in [3.05, 3.63) is 22.4 Å². The molecule has 1 aromatic rings. The molecular formula is C12H18N2O4S2. The first-order valence-corrected chi connectivity index (χ1v) is 8.94. The molecule has 20 heavy (non-hydrogen) atoms. The van der Waals surface area contributed by atoms with Gasteiger partial charge < -0.3 is 10.1 Å². The van der Waals surface area contributed by atoms with Crippen molar-refractivity contribution >= 4 is 27.3 Å². The third kappa shape index (κ3) is 3.57. The van der Waals surface area contributed by atoms with Crippen LogP contribution in [0.5, 0.6) is 0 Å². The van der Waals surface area contributed by atoms with E-state index < -0.39 is 15.6 Å². The second kappa shape index (κ2) is 5.80. The number of rotatable bonds is 4. The molecule has 0 saturated carbocycles. The lowest BCUT2D eigenvalue weighted by Gasteiger charge is -2.37. The quantitative estimate of drug-likeness (QED) is 0.873. The van der Waals surface area contributed by atoms with Gasteiger partial charge in [-0.25, -0.2) is 8.42 Å². The topological polar surface area (TPSA) is 75.7 Å². The first kappa shape index (κ1) is 15.4. The van der Waals surface area contributed by atoms with Crippen LogP contribution in [0.2, 0.25) is 0 Å². The van der Waals surface area contributed by atoms with E-state index in [-0.39, 0.29) is 25.6 Å². The van der Waals surface area contributed by atoms with Crippen molar-refractivity contribution in [2.75, 3.05) is 26.0 Å². The highest BCUT2D eigenvalue weighted by Crippen LogP contribution is 2.20. The van der Waals surface area contributed by atoms with Crippen molar-refractivity contribution in [3.8, 4) is 0 Å². The molecule has 8 heteroatoms. The van der Waals surface area contributed by atoms with Crippen molar-refractivity contribution in [2.24, 2.45) is 0 Å². The smallest absolute Gasteiger partial charge is 0.253 e. The Hall–Kier alpha value is -0.960. The summed E-state index contributed by atoms with van der Waals surface area (Å²) in [5.74, 6) is -0.292. The molecule has 0 aliphatic carbocycles. The Kier molecular flexibility index (Phi) is 4.48. The van der Waals surface area contributed by atoms with Gasteiger partial charge in [-0.15, -0.1) is 11.3 Å². The van der Waals surface area contributed by atoms with Gasteiger partial charge in [0.05, 0.1) is 26.0 Å². The van der Waals surface area contributed by atoms with Gasteiger partial charge in [-0.1, -0.05) is 6.07 Å². The maximum absolute atomic E-state index is 12.2. The van der Waals surface area contributed by atoms with Crippen LogP contribution >= 0.6 is 11.3 Å². The number of thiophene rings is 1. The van der Waals surface area contributed by atoms with Gasteiger partial charge >= 0.3 is 0 Å². The van der Waals surface area contributed by atoms with E-state index in [2.05, 4.69) is 5.32 Å².